The van der Waals surface area contributed by atoms with Crippen LogP contribution in [0.5, 0.6) is 0 Å². The molecule has 84 valence electrons. The van der Waals surface area contributed by atoms with Crippen molar-refractivity contribution >= 4 is 29.1 Å². The van der Waals surface area contributed by atoms with Gasteiger partial charge in [0, 0.05) is 0 Å². The van der Waals surface area contributed by atoms with Gasteiger partial charge >= 0.3 is 0 Å². The van der Waals surface area contributed by atoms with E-state index in [9.17, 15) is 4.79 Å². The first-order valence-corrected chi connectivity index (χ1v) is 4.97. The lowest BCUT2D eigenvalue weighted by molar-refractivity contribution is -0.119. The van der Waals surface area contributed by atoms with Gasteiger partial charge in [-0.25, -0.2) is 0 Å². The van der Waals surface area contributed by atoms with Crippen LogP contribution in [0.2, 0.25) is 0 Å². The van der Waals surface area contributed by atoms with Gasteiger partial charge in [0.25, 0.3) is 0 Å². The number of rotatable bonds is 2. The number of hydrogen-bond acceptors (Lipinski definition) is 1. The average Bonchev–Trinajstić information content (AvgIpc) is 2.27. The second-order valence-electron chi connectivity index (χ2n) is 3.69. The Morgan fingerprint density at radius 2 is 1.75 bits per heavy atom. The molecule has 0 aliphatic carbocycles. The van der Waals surface area contributed by atoms with Gasteiger partial charge in [-0.15, -0.1) is 12.4 Å². The Morgan fingerprint density at radius 1 is 1.12 bits per heavy atom. The molecule has 2 aromatic carbocycles. The fourth-order valence-electron chi connectivity index (χ4n) is 1.78. The molecule has 0 saturated carbocycles. The summed E-state index contributed by atoms with van der Waals surface area (Å²) in [5.74, 6) is -0.526. The van der Waals surface area contributed by atoms with Crippen molar-refractivity contribution in [3.05, 3.63) is 48.0 Å². The van der Waals surface area contributed by atoms with E-state index in [1.165, 1.54) is 0 Å². The van der Waals surface area contributed by atoms with Crippen LogP contribution < -0.4 is 5.73 Å². The zero-order valence-corrected chi connectivity index (χ0v) is 9.83. The standard InChI is InChI=1S/C13H13NO.ClH/c1-9(13(14)15)11-8-4-6-10-5-2-3-7-12(10)11;/h2-9H,1H3,(H2,14,15);1H. The van der Waals surface area contributed by atoms with Crippen molar-refractivity contribution in [1.82, 2.24) is 0 Å². The molecule has 0 spiro atoms. The number of primary amides is 1. The second kappa shape index (κ2) is 4.99. The molecule has 0 aromatic heterocycles. The second-order valence-corrected chi connectivity index (χ2v) is 3.69. The Morgan fingerprint density at radius 3 is 2.44 bits per heavy atom. The maximum absolute atomic E-state index is 11.2. The predicted octanol–water partition coefficient (Wildman–Crippen LogP) is 2.85. The summed E-state index contributed by atoms with van der Waals surface area (Å²) in [6, 6.07) is 14.0. The maximum Gasteiger partial charge on any atom is 0.224 e. The fourth-order valence-corrected chi connectivity index (χ4v) is 1.78. The molecule has 0 heterocycles. The normalized spacial score (nSPS) is 11.8. The molecule has 16 heavy (non-hydrogen) atoms. The summed E-state index contributed by atoms with van der Waals surface area (Å²) in [5.41, 5.74) is 6.32. The van der Waals surface area contributed by atoms with Crippen molar-refractivity contribution in [2.45, 2.75) is 12.8 Å². The van der Waals surface area contributed by atoms with E-state index < -0.39 is 0 Å². The highest BCUT2D eigenvalue weighted by Gasteiger charge is 2.13. The van der Waals surface area contributed by atoms with Gasteiger partial charge in [0.15, 0.2) is 0 Å². The molecule has 2 aromatic rings. The smallest absolute Gasteiger partial charge is 0.224 e. The van der Waals surface area contributed by atoms with E-state index in [0.717, 1.165) is 16.3 Å². The molecule has 0 radical (unpaired) electrons. The summed E-state index contributed by atoms with van der Waals surface area (Å²) in [6.45, 7) is 1.84. The first kappa shape index (κ1) is 12.5. The molecule has 0 bridgehead atoms. The molecule has 0 saturated heterocycles. The van der Waals surface area contributed by atoms with Gasteiger partial charge in [-0.05, 0) is 23.3 Å². The van der Waals surface area contributed by atoms with Crippen molar-refractivity contribution in [3.8, 4) is 0 Å². The predicted molar refractivity (Wildman–Crippen MR) is 68.8 cm³/mol. The molecule has 1 amide bonds. The molecule has 0 aliphatic rings. The van der Waals surface area contributed by atoms with Crippen LogP contribution in [-0.2, 0) is 4.79 Å². The van der Waals surface area contributed by atoms with E-state index >= 15 is 0 Å². The number of nitrogens with two attached hydrogens (primary N) is 1. The molecule has 3 heteroatoms. The van der Waals surface area contributed by atoms with Gasteiger partial charge in [0.2, 0.25) is 5.91 Å². The molecular formula is C13H14ClNO. The summed E-state index contributed by atoms with van der Waals surface area (Å²) in [6.07, 6.45) is 0. The first-order valence-electron chi connectivity index (χ1n) is 4.97. The highest BCUT2D eigenvalue weighted by molar-refractivity contribution is 5.92. The van der Waals surface area contributed by atoms with Crippen LogP contribution >= 0.6 is 12.4 Å². The third kappa shape index (κ3) is 2.17. The zero-order valence-electron chi connectivity index (χ0n) is 9.01. The zero-order chi connectivity index (χ0) is 10.8. The first-order chi connectivity index (χ1) is 7.20. The molecule has 0 fully saturated rings. The van der Waals surface area contributed by atoms with Crippen LogP contribution in [-0.4, -0.2) is 5.91 Å². The van der Waals surface area contributed by atoms with E-state index in [1.807, 2.05) is 49.4 Å². The number of halogens is 1. The van der Waals surface area contributed by atoms with Crippen LogP contribution in [0.15, 0.2) is 42.5 Å². The summed E-state index contributed by atoms with van der Waals surface area (Å²) in [5, 5.41) is 2.24. The summed E-state index contributed by atoms with van der Waals surface area (Å²) in [4.78, 5) is 11.2. The van der Waals surface area contributed by atoms with Gasteiger partial charge in [0.05, 0.1) is 5.92 Å². The highest BCUT2D eigenvalue weighted by atomic mass is 35.5. The minimum Gasteiger partial charge on any atom is -0.369 e. The van der Waals surface area contributed by atoms with Crippen LogP contribution in [0.4, 0.5) is 0 Å². The summed E-state index contributed by atoms with van der Waals surface area (Å²) >= 11 is 0. The average molecular weight is 236 g/mol. The van der Waals surface area contributed by atoms with Crippen molar-refractivity contribution < 1.29 is 4.79 Å². The Labute approximate surface area is 101 Å². The third-order valence-electron chi connectivity index (χ3n) is 2.72. The van der Waals surface area contributed by atoms with Crippen molar-refractivity contribution in [2.75, 3.05) is 0 Å². The minimum absolute atomic E-state index is 0. The number of carbonyl (C=O) groups excluding carboxylic acids is 1. The molecule has 2 rings (SSSR count). The van der Waals surface area contributed by atoms with E-state index in [4.69, 9.17) is 5.73 Å². The Balaban J connectivity index is 0.00000128. The van der Waals surface area contributed by atoms with Gasteiger partial charge in [0.1, 0.15) is 0 Å². The number of benzene rings is 2. The minimum atomic E-state index is -0.286. The Hall–Kier alpha value is -1.54. The summed E-state index contributed by atoms with van der Waals surface area (Å²) in [7, 11) is 0. The van der Waals surface area contributed by atoms with Crippen molar-refractivity contribution in [1.29, 1.82) is 0 Å². The molecular weight excluding hydrogens is 222 g/mol. The number of fused-ring (bicyclic) bond motifs is 1. The SMILES string of the molecule is CC(C(N)=O)c1cccc2ccccc12.Cl. The number of hydrogen-bond donors (Lipinski definition) is 1. The lowest BCUT2D eigenvalue weighted by Gasteiger charge is -2.10. The topological polar surface area (TPSA) is 43.1 Å². The molecule has 2 nitrogen and oxygen atoms in total. The van der Waals surface area contributed by atoms with Crippen LogP contribution in [0.25, 0.3) is 10.8 Å². The largest absolute Gasteiger partial charge is 0.369 e. The van der Waals surface area contributed by atoms with Crippen LogP contribution in [0.3, 0.4) is 0 Å². The Bertz CT molecular complexity index is 505. The van der Waals surface area contributed by atoms with E-state index in [2.05, 4.69) is 0 Å². The van der Waals surface area contributed by atoms with Crippen LogP contribution in [0.1, 0.15) is 18.4 Å². The monoisotopic (exact) mass is 235 g/mol. The maximum atomic E-state index is 11.2. The van der Waals surface area contributed by atoms with Crippen molar-refractivity contribution in [3.63, 3.8) is 0 Å². The Kier molecular flexibility index (Phi) is 3.91. The van der Waals surface area contributed by atoms with Gasteiger partial charge in [-0.1, -0.05) is 42.5 Å². The highest BCUT2D eigenvalue weighted by Crippen LogP contribution is 2.24. The van der Waals surface area contributed by atoms with Crippen molar-refractivity contribution in [2.24, 2.45) is 5.73 Å². The lowest BCUT2D eigenvalue weighted by Crippen LogP contribution is -2.18. The third-order valence-corrected chi connectivity index (χ3v) is 2.72. The summed E-state index contributed by atoms with van der Waals surface area (Å²) < 4.78 is 0. The molecule has 1 atom stereocenters. The lowest BCUT2D eigenvalue weighted by atomic mass is 9.94. The van der Waals surface area contributed by atoms with E-state index in [0.29, 0.717) is 0 Å². The van der Waals surface area contributed by atoms with Gasteiger partial charge < -0.3 is 5.73 Å². The number of carbonyl (C=O) groups is 1. The fraction of sp³-hybridized carbons (Fsp3) is 0.154. The van der Waals surface area contributed by atoms with Gasteiger partial charge in [-0.3, -0.25) is 4.79 Å². The molecule has 1 unspecified atom stereocenters. The van der Waals surface area contributed by atoms with E-state index in [-0.39, 0.29) is 24.2 Å². The molecule has 0 aliphatic heterocycles. The quantitative estimate of drug-likeness (QED) is 0.855. The van der Waals surface area contributed by atoms with Crippen LogP contribution in [0, 0.1) is 0 Å². The molecule has 2 N–H and O–H groups in total. The number of amides is 1. The van der Waals surface area contributed by atoms with Gasteiger partial charge in [-0.2, -0.15) is 0 Å². The van der Waals surface area contributed by atoms with E-state index in [1.54, 1.807) is 0 Å².